The minimum absolute atomic E-state index is 0.165. The Hall–Kier alpha value is -1.00. The van der Waals surface area contributed by atoms with Crippen LogP contribution in [0.1, 0.15) is 25.0 Å². The SMILES string of the molecule is c1cnc(C[C@H]2COC3(CCNCC3)C2)cn1. The second-order valence-electron chi connectivity index (χ2n) is 5.22. The van der Waals surface area contributed by atoms with Gasteiger partial charge in [0.05, 0.1) is 17.9 Å². The average Bonchev–Trinajstić information content (AvgIpc) is 2.74. The van der Waals surface area contributed by atoms with E-state index in [9.17, 15) is 0 Å². The zero-order valence-corrected chi connectivity index (χ0v) is 10.1. The van der Waals surface area contributed by atoms with Gasteiger partial charge in [0.15, 0.2) is 0 Å². The topological polar surface area (TPSA) is 47.0 Å². The van der Waals surface area contributed by atoms with Crippen molar-refractivity contribution in [1.82, 2.24) is 15.3 Å². The Labute approximate surface area is 102 Å². The summed E-state index contributed by atoms with van der Waals surface area (Å²) >= 11 is 0. The summed E-state index contributed by atoms with van der Waals surface area (Å²) in [5.41, 5.74) is 1.25. The zero-order chi connectivity index (χ0) is 11.6. The molecule has 92 valence electrons. The Morgan fingerprint density at radius 2 is 2.24 bits per heavy atom. The second kappa shape index (κ2) is 4.70. The lowest BCUT2D eigenvalue weighted by atomic mass is 9.85. The van der Waals surface area contributed by atoms with E-state index in [4.69, 9.17) is 4.74 Å². The minimum Gasteiger partial charge on any atom is -0.375 e. The van der Waals surface area contributed by atoms with Crippen molar-refractivity contribution in [3.05, 3.63) is 24.3 Å². The van der Waals surface area contributed by atoms with E-state index < -0.39 is 0 Å². The quantitative estimate of drug-likeness (QED) is 0.833. The predicted octanol–water partition coefficient (Wildman–Crippen LogP) is 1.18. The van der Waals surface area contributed by atoms with Crippen molar-refractivity contribution in [3.63, 3.8) is 0 Å². The monoisotopic (exact) mass is 233 g/mol. The van der Waals surface area contributed by atoms with Gasteiger partial charge in [0, 0.05) is 18.6 Å². The highest BCUT2D eigenvalue weighted by Crippen LogP contribution is 2.37. The molecular formula is C13H19N3O. The number of ether oxygens (including phenoxy) is 1. The lowest BCUT2D eigenvalue weighted by Gasteiger charge is -2.33. The number of piperidine rings is 1. The van der Waals surface area contributed by atoms with Gasteiger partial charge in [-0.05, 0) is 44.7 Å². The molecule has 4 nitrogen and oxygen atoms in total. The van der Waals surface area contributed by atoms with Crippen LogP contribution < -0.4 is 5.32 Å². The van der Waals surface area contributed by atoms with Crippen LogP contribution in [0.25, 0.3) is 0 Å². The molecule has 1 spiro atoms. The Morgan fingerprint density at radius 1 is 1.35 bits per heavy atom. The number of hydrogen-bond donors (Lipinski definition) is 1. The van der Waals surface area contributed by atoms with Crippen LogP contribution in [0.5, 0.6) is 0 Å². The lowest BCUT2D eigenvalue weighted by Crippen LogP contribution is -2.41. The van der Waals surface area contributed by atoms with Gasteiger partial charge in [-0.1, -0.05) is 0 Å². The highest BCUT2D eigenvalue weighted by atomic mass is 16.5. The van der Waals surface area contributed by atoms with Crippen LogP contribution in [0.3, 0.4) is 0 Å². The van der Waals surface area contributed by atoms with Crippen LogP contribution >= 0.6 is 0 Å². The van der Waals surface area contributed by atoms with Crippen LogP contribution in [-0.4, -0.2) is 35.3 Å². The fourth-order valence-electron chi connectivity index (χ4n) is 3.03. The van der Waals surface area contributed by atoms with Gasteiger partial charge in [0.1, 0.15) is 0 Å². The molecule has 0 bridgehead atoms. The van der Waals surface area contributed by atoms with Crippen LogP contribution in [0.2, 0.25) is 0 Å². The van der Waals surface area contributed by atoms with Crippen molar-refractivity contribution in [3.8, 4) is 0 Å². The van der Waals surface area contributed by atoms with Crippen LogP contribution in [0.4, 0.5) is 0 Å². The zero-order valence-electron chi connectivity index (χ0n) is 10.1. The van der Waals surface area contributed by atoms with Crippen LogP contribution in [-0.2, 0) is 11.2 Å². The molecule has 1 aromatic rings. The molecule has 1 atom stereocenters. The van der Waals surface area contributed by atoms with Gasteiger partial charge < -0.3 is 10.1 Å². The van der Waals surface area contributed by atoms with E-state index in [2.05, 4.69) is 15.3 Å². The second-order valence-corrected chi connectivity index (χ2v) is 5.22. The lowest BCUT2D eigenvalue weighted by molar-refractivity contribution is -0.0196. The Bertz CT molecular complexity index is 362. The normalized spacial score (nSPS) is 27.4. The summed E-state index contributed by atoms with van der Waals surface area (Å²) in [5.74, 6) is 0.616. The summed E-state index contributed by atoms with van der Waals surface area (Å²) in [6.07, 6.45) is 9.87. The minimum atomic E-state index is 0.165. The van der Waals surface area contributed by atoms with E-state index in [1.165, 1.54) is 6.42 Å². The first kappa shape index (κ1) is 11.1. The van der Waals surface area contributed by atoms with Crippen molar-refractivity contribution < 1.29 is 4.74 Å². The van der Waals surface area contributed by atoms with Gasteiger partial charge in [-0.15, -0.1) is 0 Å². The molecule has 17 heavy (non-hydrogen) atoms. The summed E-state index contributed by atoms with van der Waals surface area (Å²) in [6, 6.07) is 0. The van der Waals surface area contributed by atoms with E-state index in [0.29, 0.717) is 5.92 Å². The molecule has 3 rings (SSSR count). The third kappa shape index (κ3) is 2.48. The number of nitrogens with one attached hydrogen (secondary N) is 1. The highest BCUT2D eigenvalue weighted by Gasteiger charge is 2.40. The Kier molecular flexibility index (Phi) is 3.07. The van der Waals surface area contributed by atoms with Gasteiger partial charge in [-0.2, -0.15) is 0 Å². The number of rotatable bonds is 2. The molecule has 2 aliphatic rings. The highest BCUT2D eigenvalue weighted by molar-refractivity contribution is 5.00. The Morgan fingerprint density at radius 3 is 3.00 bits per heavy atom. The van der Waals surface area contributed by atoms with Crippen molar-refractivity contribution in [2.24, 2.45) is 5.92 Å². The van der Waals surface area contributed by atoms with Gasteiger partial charge >= 0.3 is 0 Å². The van der Waals surface area contributed by atoms with E-state index in [0.717, 1.165) is 44.7 Å². The molecule has 0 aromatic carbocycles. The number of hydrogen-bond acceptors (Lipinski definition) is 4. The number of aromatic nitrogens is 2. The summed E-state index contributed by atoms with van der Waals surface area (Å²) in [6.45, 7) is 3.08. The molecule has 2 fully saturated rings. The van der Waals surface area contributed by atoms with Crippen molar-refractivity contribution in [1.29, 1.82) is 0 Å². The maximum absolute atomic E-state index is 6.08. The van der Waals surface area contributed by atoms with E-state index in [-0.39, 0.29) is 5.60 Å². The molecule has 4 heteroatoms. The molecule has 1 N–H and O–H groups in total. The largest absolute Gasteiger partial charge is 0.375 e. The van der Waals surface area contributed by atoms with Gasteiger partial charge in [-0.3, -0.25) is 9.97 Å². The summed E-state index contributed by atoms with van der Waals surface area (Å²) < 4.78 is 6.08. The van der Waals surface area contributed by atoms with E-state index >= 15 is 0 Å². The molecule has 0 radical (unpaired) electrons. The molecular weight excluding hydrogens is 214 g/mol. The maximum atomic E-state index is 6.08. The molecule has 3 heterocycles. The molecule has 0 amide bonds. The van der Waals surface area contributed by atoms with Gasteiger partial charge in [-0.25, -0.2) is 0 Å². The van der Waals surface area contributed by atoms with E-state index in [1.807, 2.05) is 6.20 Å². The first-order valence-corrected chi connectivity index (χ1v) is 6.46. The predicted molar refractivity (Wildman–Crippen MR) is 64.6 cm³/mol. The standard InChI is InChI=1S/C13H19N3O/c1-3-14-4-2-13(1)8-11(10-17-13)7-12-9-15-5-6-16-12/h5-6,9,11,14H,1-4,7-8,10H2/t11-/m1/s1. The van der Waals surface area contributed by atoms with Crippen molar-refractivity contribution in [2.75, 3.05) is 19.7 Å². The van der Waals surface area contributed by atoms with Crippen LogP contribution in [0, 0.1) is 5.92 Å². The summed E-state index contributed by atoms with van der Waals surface area (Å²) in [5, 5.41) is 3.40. The molecule has 0 saturated carbocycles. The third-order valence-corrected chi connectivity index (χ3v) is 3.92. The molecule has 0 aliphatic carbocycles. The fourth-order valence-corrected chi connectivity index (χ4v) is 3.03. The van der Waals surface area contributed by atoms with Gasteiger partial charge in [0.2, 0.25) is 0 Å². The van der Waals surface area contributed by atoms with Crippen LogP contribution in [0.15, 0.2) is 18.6 Å². The molecule has 1 aromatic heterocycles. The summed E-state index contributed by atoms with van der Waals surface area (Å²) in [4.78, 5) is 8.46. The first-order chi connectivity index (χ1) is 8.36. The fraction of sp³-hybridized carbons (Fsp3) is 0.692. The maximum Gasteiger partial charge on any atom is 0.0710 e. The van der Waals surface area contributed by atoms with E-state index in [1.54, 1.807) is 12.4 Å². The molecule has 2 saturated heterocycles. The van der Waals surface area contributed by atoms with Gasteiger partial charge in [0.25, 0.3) is 0 Å². The first-order valence-electron chi connectivity index (χ1n) is 6.46. The van der Waals surface area contributed by atoms with Crippen molar-refractivity contribution in [2.45, 2.75) is 31.3 Å². The summed E-state index contributed by atoms with van der Waals surface area (Å²) in [7, 11) is 0. The van der Waals surface area contributed by atoms with Crippen molar-refractivity contribution >= 4 is 0 Å². The number of nitrogens with zero attached hydrogens (tertiary/aromatic N) is 2. The Balaban J connectivity index is 1.60. The smallest absolute Gasteiger partial charge is 0.0710 e. The molecule has 0 unspecified atom stereocenters. The average molecular weight is 233 g/mol. The third-order valence-electron chi connectivity index (χ3n) is 3.92. The molecule has 2 aliphatic heterocycles.